The fourth-order valence-electron chi connectivity index (χ4n) is 3.55. The molecule has 2 aromatic carbocycles. The summed E-state index contributed by atoms with van der Waals surface area (Å²) in [7, 11) is 0. The second-order valence-corrected chi connectivity index (χ2v) is 9.00. The average molecular weight is 450 g/mol. The molecule has 0 aliphatic carbocycles. The highest BCUT2D eigenvalue weighted by Crippen LogP contribution is 2.23. The molecule has 0 spiro atoms. The van der Waals surface area contributed by atoms with Gasteiger partial charge in [0.2, 0.25) is 5.91 Å². The zero-order chi connectivity index (χ0) is 24.2. The number of hydrogen-bond donors (Lipinski definition) is 2. The van der Waals surface area contributed by atoms with Crippen molar-refractivity contribution in [2.24, 2.45) is 5.41 Å². The van der Waals surface area contributed by atoms with Gasteiger partial charge in [-0.2, -0.15) is 10.4 Å². The van der Waals surface area contributed by atoms with E-state index in [1.807, 2.05) is 39.8 Å². The molecule has 0 fully saturated rings. The van der Waals surface area contributed by atoms with E-state index < -0.39 is 23.2 Å². The van der Waals surface area contributed by atoms with Crippen molar-refractivity contribution < 1.29 is 14.0 Å². The maximum absolute atomic E-state index is 14.5. The molecule has 2 amide bonds. The lowest BCUT2D eigenvalue weighted by atomic mass is 9.86. The Balaban J connectivity index is 1.94. The third-order valence-corrected chi connectivity index (χ3v) is 5.33. The number of carbonyl (C=O) groups excluding carboxylic acids is 2. The topological polar surface area (TPSA) is 99.8 Å². The minimum absolute atomic E-state index is 0.0883. The molecule has 1 heterocycles. The van der Waals surface area contributed by atoms with Gasteiger partial charge in [-0.1, -0.05) is 52.0 Å². The smallest absolute Gasteiger partial charge is 0.273 e. The molecule has 1 aromatic heterocycles. The summed E-state index contributed by atoms with van der Waals surface area (Å²) in [4.78, 5) is 25.9. The second kappa shape index (κ2) is 9.82. The zero-order valence-corrected chi connectivity index (χ0v) is 19.3. The predicted octanol–water partition coefficient (Wildman–Crippen LogP) is 3.77. The molecule has 0 radical (unpaired) electrons. The summed E-state index contributed by atoms with van der Waals surface area (Å²) in [5.41, 5.74) is 0.889. The van der Waals surface area contributed by atoms with Gasteiger partial charge in [-0.05, 0) is 30.0 Å². The minimum atomic E-state index is -0.753. The van der Waals surface area contributed by atoms with Crippen LogP contribution in [-0.4, -0.2) is 34.2 Å². The number of nitriles is 1. The Hall–Kier alpha value is -3.73. The van der Waals surface area contributed by atoms with E-state index >= 15 is 0 Å². The Labute approximate surface area is 192 Å². The number of rotatable bonds is 7. The van der Waals surface area contributed by atoms with Gasteiger partial charge in [0, 0.05) is 17.5 Å². The number of benzene rings is 2. The van der Waals surface area contributed by atoms with Crippen molar-refractivity contribution in [3.05, 3.63) is 65.1 Å². The molecule has 0 saturated carbocycles. The first kappa shape index (κ1) is 23.9. The first-order valence-electron chi connectivity index (χ1n) is 10.9. The number of amides is 2. The Morgan fingerprint density at radius 3 is 2.58 bits per heavy atom. The monoisotopic (exact) mass is 449 g/mol. The number of halogens is 1. The first-order valence-corrected chi connectivity index (χ1v) is 10.9. The van der Waals surface area contributed by atoms with Gasteiger partial charge in [0.25, 0.3) is 5.91 Å². The van der Waals surface area contributed by atoms with Crippen molar-refractivity contribution in [3.8, 4) is 6.07 Å². The van der Waals surface area contributed by atoms with Crippen LogP contribution in [0.15, 0.2) is 42.5 Å². The van der Waals surface area contributed by atoms with Gasteiger partial charge < -0.3 is 10.6 Å². The number of aromatic nitrogens is 2. The van der Waals surface area contributed by atoms with Crippen LogP contribution in [0.2, 0.25) is 0 Å². The SMILES string of the molecule is CCCNC(=O)[C@@H](NC(=O)c1nn(Cc2ccc(C#N)cc2F)c2ccccc12)C(C)(C)C. The van der Waals surface area contributed by atoms with Crippen molar-refractivity contribution in [3.63, 3.8) is 0 Å². The summed E-state index contributed by atoms with van der Waals surface area (Å²) in [5.74, 6) is -1.24. The summed E-state index contributed by atoms with van der Waals surface area (Å²) in [6.45, 7) is 8.22. The Kier molecular flexibility index (Phi) is 7.12. The van der Waals surface area contributed by atoms with E-state index in [1.165, 1.54) is 12.1 Å². The van der Waals surface area contributed by atoms with Crippen LogP contribution in [-0.2, 0) is 11.3 Å². The number of para-hydroxylation sites is 1. The van der Waals surface area contributed by atoms with E-state index in [0.29, 0.717) is 23.0 Å². The van der Waals surface area contributed by atoms with Gasteiger partial charge >= 0.3 is 0 Å². The molecule has 2 N–H and O–H groups in total. The van der Waals surface area contributed by atoms with Crippen LogP contribution in [0, 0.1) is 22.6 Å². The lowest BCUT2D eigenvalue weighted by Gasteiger charge is -2.30. The van der Waals surface area contributed by atoms with Gasteiger partial charge in [0.15, 0.2) is 5.69 Å². The van der Waals surface area contributed by atoms with Crippen LogP contribution >= 0.6 is 0 Å². The lowest BCUT2D eigenvalue weighted by Crippen LogP contribution is -2.53. The van der Waals surface area contributed by atoms with E-state index in [2.05, 4.69) is 15.7 Å². The van der Waals surface area contributed by atoms with Crippen molar-refractivity contribution in [1.29, 1.82) is 5.26 Å². The third-order valence-electron chi connectivity index (χ3n) is 5.33. The summed E-state index contributed by atoms with van der Waals surface area (Å²) in [6.07, 6.45) is 0.789. The molecule has 0 bridgehead atoms. The summed E-state index contributed by atoms with van der Waals surface area (Å²) >= 11 is 0. The lowest BCUT2D eigenvalue weighted by molar-refractivity contribution is -0.125. The standard InChI is InChI=1S/C25H28FN5O2/c1-5-12-28-24(33)22(25(2,3)4)29-23(32)21-18-8-6-7-9-20(18)31(30-21)15-17-11-10-16(14-27)13-19(17)26/h6-11,13,22H,5,12,15H2,1-4H3,(H,28,33)(H,29,32)/t22-/m1/s1. The molecule has 0 unspecified atom stereocenters. The largest absolute Gasteiger partial charge is 0.354 e. The average Bonchev–Trinajstić information content (AvgIpc) is 3.14. The van der Waals surface area contributed by atoms with Crippen LogP contribution in [0.1, 0.15) is 55.7 Å². The first-order chi connectivity index (χ1) is 15.7. The van der Waals surface area contributed by atoms with Gasteiger partial charge in [0.05, 0.1) is 23.7 Å². The molecule has 172 valence electrons. The Morgan fingerprint density at radius 1 is 1.21 bits per heavy atom. The molecule has 8 heteroatoms. The molecule has 33 heavy (non-hydrogen) atoms. The van der Waals surface area contributed by atoms with E-state index in [9.17, 15) is 14.0 Å². The number of hydrogen-bond acceptors (Lipinski definition) is 4. The molecule has 3 rings (SSSR count). The fraction of sp³-hybridized carbons (Fsp3) is 0.360. The highest BCUT2D eigenvalue weighted by atomic mass is 19.1. The van der Waals surface area contributed by atoms with Gasteiger partial charge in [-0.3, -0.25) is 14.3 Å². The molecular weight excluding hydrogens is 421 g/mol. The molecular formula is C25H28FN5O2. The minimum Gasteiger partial charge on any atom is -0.354 e. The maximum atomic E-state index is 14.5. The quantitative estimate of drug-likeness (QED) is 0.574. The van der Waals surface area contributed by atoms with Crippen molar-refractivity contribution in [1.82, 2.24) is 20.4 Å². The highest BCUT2D eigenvalue weighted by molar-refractivity contribution is 6.06. The normalized spacial score (nSPS) is 12.2. The number of fused-ring (bicyclic) bond motifs is 1. The third kappa shape index (κ3) is 5.37. The van der Waals surface area contributed by atoms with E-state index in [4.69, 9.17) is 5.26 Å². The van der Waals surface area contributed by atoms with Crippen molar-refractivity contribution in [2.75, 3.05) is 6.54 Å². The van der Waals surface area contributed by atoms with Crippen LogP contribution in [0.3, 0.4) is 0 Å². The zero-order valence-electron chi connectivity index (χ0n) is 19.3. The second-order valence-electron chi connectivity index (χ2n) is 9.00. The summed E-state index contributed by atoms with van der Waals surface area (Å²) < 4.78 is 16.0. The summed E-state index contributed by atoms with van der Waals surface area (Å²) in [5, 5.41) is 19.7. The van der Waals surface area contributed by atoms with Crippen LogP contribution in [0.25, 0.3) is 10.9 Å². The van der Waals surface area contributed by atoms with Gasteiger partial charge in [-0.15, -0.1) is 0 Å². The van der Waals surface area contributed by atoms with Crippen molar-refractivity contribution >= 4 is 22.7 Å². The summed E-state index contributed by atoms with van der Waals surface area (Å²) in [6, 6.07) is 12.6. The number of nitrogens with zero attached hydrogens (tertiary/aromatic N) is 3. The van der Waals surface area contributed by atoms with E-state index in [1.54, 1.807) is 28.9 Å². The van der Waals surface area contributed by atoms with Crippen molar-refractivity contribution in [2.45, 2.75) is 46.7 Å². The molecule has 7 nitrogen and oxygen atoms in total. The van der Waals surface area contributed by atoms with Gasteiger partial charge in [-0.25, -0.2) is 4.39 Å². The molecule has 0 aliphatic heterocycles. The van der Waals surface area contributed by atoms with E-state index in [-0.39, 0.29) is 23.7 Å². The van der Waals surface area contributed by atoms with Crippen LogP contribution in [0.4, 0.5) is 4.39 Å². The maximum Gasteiger partial charge on any atom is 0.273 e. The molecule has 3 aromatic rings. The van der Waals surface area contributed by atoms with E-state index in [0.717, 1.165) is 6.42 Å². The Bertz CT molecular complexity index is 1220. The molecule has 0 saturated heterocycles. The Morgan fingerprint density at radius 2 is 1.94 bits per heavy atom. The van der Waals surface area contributed by atoms with Crippen LogP contribution < -0.4 is 10.6 Å². The number of nitrogens with one attached hydrogen (secondary N) is 2. The van der Waals surface area contributed by atoms with Gasteiger partial charge in [0.1, 0.15) is 11.9 Å². The highest BCUT2D eigenvalue weighted by Gasteiger charge is 2.33. The van der Waals surface area contributed by atoms with Crippen LogP contribution in [0.5, 0.6) is 0 Å². The predicted molar refractivity (Wildman–Crippen MR) is 124 cm³/mol. The molecule has 0 aliphatic rings. The number of carbonyl (C=O) groups is 2. The molecule has 1 atom stereocenters. The fourth-order valence-corrected chi connectivity index (χ4v) is 3.55.